The molecule has 2 heterocycles. The number of nitrogens with zero attached hydrogens (tertiary/aromatic N) is 4. The van der Waals surface area contributed by atoms with Crippen LogP contribution in [0.3, 0.4) is 0 Å². The minimum absolute atomic E-state index is 0.129. The number of anilines is 3. The first kappa shape index (κ1) is 16.6. The van der Waals surface area contributed by atoms with Crippen LogP contribution >= 0.6 is 0 Å². The first-order valence-electron chi connectivity index (χ1n) is 8.20. The van der Waals surface area contributed by atoms with Gasteiger partial charge in [-0.1, -0.05) is 12.1 Å². The van der Waals surface area contributed by atoms with Gasteiger partial charge in [0.1, 0.15) is 5.82 Å². The summed E-state index contributed by atoms with van der Waals surface area (Å²) in [7, 11) is 0. The lowest BCUT2D eigenvalue weighted by molar-refractivity contribution is -0.114. The van der Waals surface area contributed by atoms with Crippen molar-refractivity contribution >= 4 is 28.7 Å². The van der Waals surface area contributed by atoms with Crippen LogP contribution in [0.2, 0.25) is 0 Å². The second-order valence-electron chi connectivity index (χ2n) is 5.89. The summed E-state index contributed by atoms with van der Waals surface area (Å²) < 4.78 is 15.3. The van der Waals surface area contributed by atoms with Crippen LogP contribution in [0.15, 0.2) is 60.9 Å². The first-order valence-corrected chi connectivity index (χ1v) is 8.20. The van der Waals surface area contributed by atoms with E-state index < -0.39 is 0 Å². The van der Waals surface area contributed by atoms with Crippen LogP contribution in [0.1, 0.15) is 6.92 Å². The molecule has 2 aromatic heterocycles. The van der Waals surface area contributed by atoms with Gasteiger partial charge in [-0.2, -0.15) is 0 Å². The summed E-state index contributed by atoms with van der Waals surface area (Å²) in [4.78, 5) is 15.4. The lowest BCUT2D eigenvalue weighted by atomic mass is 10.2. The van der Waals surface area contributed by atoms with E-state index in [4.69, 9.17) is 0 Å². The van der Waals surface area contributed by atoms with Crippen LogP contribution < -0.4 is 10.6 Å². The second kappa shape index (κ2) is 6.83. The zero-order chi connectivity index (χ0) is 18.8. The molecule has 2 aromatic carbocycles. The highest BCUT2D eigenvalue weighted by atomic mass is 19.1. The molecule has 4 rings (SSSR count). The van der Waals surface area contributed by atoms with Crippen LogP contribution in [0, 0.1) is 5.82 Å². The molecule has 8 heteroatoms. The molecule has 4 aromatic rings. The fourth-order valence-corrected chi connectivity index (χ4v) is 2.72. The van der Waals surface area contributed by atoms with E-state index in [0.29, 0.717) is 28.5 Å². The van der Waals surface area contributed by atoms with E-state index in [0.717, 1.165) is 5.69 Å². The molecule has 134 valence electrons. The Balaban J connectivity index is 1.66. The predicted molar refractivity (Wildman–Crippen MR) is 100 cm³/mol. The number of nitrogens with one attached hydrogen (secondary N) is 2. The van der Waals surface area contributed by atoms with Crippen molar-refractivity contribution in [2.24, 2.45) is 0 Å². The maximum Gasteiger partial charge on any atom is 0.221 e. The Morgan fingerprint density at radius 3 is 2.59 bits per heavy atom. The molecule has 0 aliphatic carbocycles. The number of hydrogen-bond donors (Lipinski definition) is 2. The number of hydrogen-bond acceptors (Lipinski definition) is 5. The molecule has 0 saturated carbocycles. The zero-order valence-electron chi connectivity index (χ0n) is 14.3. The summed E-state index contributed by atoms with van der Waals surface area (Å²) in [6.45, 7) is 1.46. The summed E-state index contributed by atoms with van der Waals surface area (Å²) in [5.41, 5.74) is 2.62. The van der Waals surface area contributed by atoms with Crippen LogP contribution in [0.4, 0.5) is 21.6 Å². The molecule has 27 heavy (non-hydrogen) atoms. The fourth-order valence-electron chi connectivity index (χ4n) is 2.72. The van der Waals surface area contributed by atoms with E-state index >= 15 is 0 Å². The summed E-state index contributed by atoms with van der Waals surface area (Å²) in [5.74, 6) is 0.572. The van der Waals surface area contributed by atoms with Crippen molar-refractivity contribution < 1.29 is 9.18 Å². The van der Waals surface area contributed by atoms with Crippen molar-refractivity contribution in [3.05, 3.63) is 66.7 Å². The maximum absolute atomic E-state index is 13.5. The van der Waals surface area contributed by atoms with E-state index in [1.54, 1.807) is 41.1 Å². The van der Waals surface area contributed by atoms with E-state index in [1.807, 2.05) is 12.1 Å². The molecule has 0 aliphatic rings. The van der Waals surface area contributed by atoms with E-state index in [-0.39, 0.29) is 11.7 Å². The van der Waals surface area contributed by atoms with E-state index in [2.05, 4.69) is 25.8 Å². The van der Waals surface area contributed by atoms with Gasteiger partial charge >= 0.3 is 0 Å². The fraction of sp³-hybridized carbons (Fsp3) is 0.0526. The monoisotopic (exact) mass is 362 g/mol. The number of amides is 1. The Labute approximate surface area is 153 Å². The predicted octanol–water partition coefficient (Wildman–Crippen LogP) is 3.63. The summed E-state index contributed by atoms with van der Waals surface area (Å²) >= 11 is 0. The Kier molecular flexibility index (Phi) is 4.21. The van der Waals surface area contributed by atoms with Gasteiger partial charge in [0.05, 0.1) is 0 Å². The zero-order valence-corrected chi connectivity index (χ0v) is 14.3. The molecule has 0 bridgehead atoms. The SMILES string of the molecule is CC(=O)Nc1ccc(Nc2nccn3c(-c4cccc(F)c4)nnc23)cc1. The molecule has 0 aliphatic heterocycles. The number of fused-ring (bicyclic) bond motifs is 1. The topological polar surface area (TPSA) is 84.2 Å². The van der Waals surface area contributed by atoms with Gasteiger partial charge in [0.25, 0.3) is 0 Å². The molecule has 0 spiro atoms. The second-order valence-corrected chi connectivity index (χ2v) is 5.89. The van der Waals surface area contributed by atoms with Crippen molar-refractivity contribution in [3.63, 3.8) is 0 Å². The molecule has 1 amide bonds. The molecular weight excluding hydrogens is 347 g/mol. The lowest BCUT2D eigenvalue weighted by Crippen LogP contribution is -2.05. The van der Waals surface area contributed by atoms with Crippen molar-refractivity contribution in [2.45, 2.75) is 6.92 Å². The highest BCUT2D eigenvalue weighted by molar-refractivity contribution is 5.89. The summed E-state index contributed by atoms with van der Waals surface area (Å²) in [6.07, 6.45) is 3.34. The van der Waals surface area contributed by atoms with Crippen LogP contribution in [0.5, 0.6) is 0 Å². The molecular formula is C19H15FN6O. The quantitative estimate of drug-likeness (QED) is 0.579. The van der Waals surface area contributed by atoms with Crippen LogP contribution in [0.25, 0.3) is 17.0 Å². The van der Waals surface area contributed by atoms with Crippen molar-refractivity contribution in [1.29, 1.82) is 0 Å². The highest BCUT2D eigenvalue weighted by Gasteiger charge is 2.12. The minimum Gasteiger partial charge on any atom is -0.337 e. The third kappa shape index (κ3) is 3.45. The molecule has 0 radical (unpaired) electrons. The van der Waals surface area contributed by atoms with E-state index in [1.165, 1.54) is 19.1 Å². The average molecular weight is 362 g/mol. The van der Waals surface area contributed by atoms with Crippen molar-refractivity contribution in [2.75, 3.05) is 10.6 Å². The van der Waals surface area contributed by atoms with Gasteiger partial charge in [0.2, 0.25) is 11.6 Å². The third-order valence-electron chi connectivity index (χ3n) is 3.88. The molecule has 0 saturated heterocycles. The van der Waals surface area contributed by atoms with Gasteiger partial charge < -0.3 is 10.6 Å². The normalized spacial score (nSPS) is 10.7. The third-order valence-corrected chi connectivity index (χ3v) is 3.88. The number of carbonyl (C=O) groups is 1. The largest absolute Gasteiger partial charge is 0.337 e. The number of halogens is 1. The molecule has 0 fully saturated rings. The highest BCUT2D eigenvalue weighted by Crippen LogP contribution is 2.24. The Hall–Kier alpha value is -3.81. The Morgan fingerprint density at radius 2 is 1.85 bits per heavy atom. The van der Waals surface area contributed by atoms with Gasteiger partial charge in [0.15, 0.2) is 11.6 Å². The van der Waals surface area contributed by atoms with Crippen LogP contribution in [-0.2, 0) is 4.79 Å². The average Bonchev–Trinajstić information content (AvgIpc) is 3.08. The Morgan fingerprint density at radius 1 is 1.07 bits per heavy atom. The molecule has 7 nitrogen and oxygen atoms in total. The number of benzene rings is 2. The standard InChI is InChI=1S/C19H15FN6O/c1-12(27)22-15-5-7-16(8-6-15)23-17-19-25-24-18(26(19)10-9-21-17)13-3-2-4-14(20)11-13/h2-11H,1H3,(H,21,23)(H,22,27). The minimum atomic E-state index is -0.337. The first-order chi connectivity index (χ1) is 13.1. The van der Waals surface area contributed by atoms with Gasteiger partial charge in [-0.25, -0.2) is 9.37 Å². The van der Waals surface area contributed by atoms with Crippen molar-refractivity contribution in [3.8, 4) is 11.4 Å². The number of aromatic nitrogens is 4. The lowest BCUT2D eigenvalue weighted by Gasteiger charge is -2.08. The molecule has 0 unspecified atom stereocenters. The molecule has 2 N–H and O–H groups in total. The number of rotatable bonds is 4. The van der Waals surface area contributed by atoms with Gasteiger partial charge in [-0.05, 0) is 36.4 Å². The van der Waals surface area contributed by atoms with Crippen molar-refractivity contribution in [1.82, 2.24) is 19.6 Å². The van der Waals surface area contributed by atoms with Gasteiger partial charge in [-0.15, -0.1) is 10.2 Å². The van der Waals surface area contributed by atoms with E-state index in [9.17, 15) is 9.18 Å². The molecule has 0 atom stereocenters. The van der Waals surface area contributed by atoms with Gasteiger partial charge in [0, 0.05) is 36.3 Å². The smallest absolute Gasteiger partial charge is 0.221 e. The maximum atomic E-state index is 13.5. The summed E-state index contributed by atoms with van der Waals surface area (Å²) in [6, 6.07) is 13.4. The Bertz CT molecular complexity index is 1120. The van der Waals surface area contributed by atoms with Crippen LogP contribution in [-0.4, -0.2) is 25.5 Å². The van der Waals surface area contributed by atoms with Gasteiger partial charge in [-0.3, -0.25) is 9.20 Å². The summed E-state index contributed by atoms with van der Waals surface area (Å²) in [5, 5.41) is 14.3. The number of carbonyl (C=O) groups excluding carboxylic acids is 1.